The molecule has 1 aromatic heterocycles. The average molecular weight is 260 g/mol. The van der Waals surface area contributed by atoms with E-state index in [1.807, 2.05) is 13.0 Å². The van der Waals surface area contributed by atoms with Crippen molar-refractivity contribution in [2.75, 3.05) is 0 Å². The van der Waals surface area contributed by atoms with Gasteiger partial charge in [0.2, 0.25) is 0 Å². The minimum Gasteiger partial charge on any atom is -0.333 e. The lowest BCUT2D eigenvalue weighted by Gasteiger charge is -2.10. The molecule has 0 spiro atoms. The number of fused-ring (bicyclic) bond motifs is 1. The van der Waals surface area contributed by atoms with Crippen LogP contribution in [0.2, 0.25) is 0 Å². The Morgan fingerprint density at radius 3 is 3.00 bits per heavy atom. The van der Waals surface area contributed by atoms with Gasteiger partial charge in [-0.05, 0) is 31.0 Å². The minimum absolute atomic E-state index is 0.157. The number of hydrogen-bond acceptors (Lipinski definition) is 3. The molecule has 94 valence electrons. The van der Waals surface area contributed by atoms with Gasteiger partial charge >= 0.3 is 0 Å². The highest BCUT2D eigenvalue weighted by molar-refractivity contribution is 7.99. The monoisotopic (exact) mass is 260 g/mol. The Hall–Kier alpha value is -1.29. The van der Waals surface area contributed by atoms with Crippen molar-refractivity contribution in [3.05, 3.63) is 23.8 Å². The van der Waals surface area contributed by atoms with Crippen molar-refractivity contribution in [3.8, 4) is 0 Å². The number of ketones is 1. The van der Waals surface area contributed by atoms with Crippen LogP contribution >= 0.6 is 11.8 Å². The maximum absolute atomic E-state index is 11.5. The molecule has 3 rings (SSSR count). The van der Waals surface area contributed by atoms with Crippen LogP contribution in [0.15, 0.2) is 23.4 Å². The number of thioether (sulfide) groups is 1. The predicted molar refractivity (Wildman–Crippen MR) is 73.9 cm³/mol. The Balaban J connectivity index is 1.85. The SMILES string of the molecule is Cc1ccc2nc(SC3CCC(=O)C3C)[nH]c2c1. The Morgan fingerprint density at radius 2 is 2.28 bits per heavy atom. The first kappa shape index (κ1) is 11.8. The van der Waals surface area contributed by atoms with Crippen LogP contribution in [0.25, 0.3) is 11.0 Å². The highest BCUT2D eigenvalue weighted by atomic mass is 32.2. The van der Waals surface area contributed by atoms with E-state index in [4.69, 9.17) is 0 Å². The van der Waals surface area contributed by atoms with Crippen molar-refractivity contribution in [2.45, 2.75) is 37.1 Å². The van der Waals surface area contributed by atoms with Crippen LogP contribution in [-0.4, -0.2) is 21.0 Å². The van der Waals surface area contributed by atoms with E-state index in [2.05, 4.69) is 29.0 Å². The van der Waals surface area contributed by atoms with Crippen molar-refractivity contribution < 1.29 is 4.79 Å². The first-order chi connectivity index (χ1) is 8.63. The normalized spacial score (nSPS) is 24.0. The number of aryl methyl sites for hydroxylation is 1. The second kappa shape index (κ2) is 4.43. The van der Waals surface area contributed by atoms with Gasteiger partial charge in [0.05, 0.1) is 11.0 Å². The van der Waals surface area contributed by atoms with E-state index in [0.29, 0.717) is 11.0 Å². The summed E-state index contributed by atoms with van der Waals surface area (Å²) >= 11 is 1.71. The summed E-state index contributed by atoms with van der Waals surface area (Å²) in [6.45, 7) is 4.10. The third-order valence-electron chi connectivity index (χ3n) is 3.62. The summed E-state index contributed by atoms with van der Waals surface area (Å²) in [7, 11) is 0. The predicted octanol–water partition coefficient (Wildman–Crippen LogP) is 3.33. The fraction of sp³-hybridized carbons (Fsp3) is 0.429. The van der Waals surface area contributed by atoms with Crippen molar-refractivity contribution in [1.29, 1.82) is 0 Å². The average Bonchev–Trinajstić information content (AvgIpc) is 2.86. The van der Waals surface area contributed by atoms with Gasteiger partial charge in [0.1, 0.15) is 5.78 Å². The number of aromatic amines is 1. The largest absolute Gasteiger partial charge is 0.333 e. The molecule has 0 saturated heterocycles. The zero-order chi connectivity index (χ0) is 12.7. The van der Waals surface area contributed by atoms with E-state index in [1.165, 1.54) is 5.56 Å². The number of aromatic nitrogens is 2. The molecule has 1 aliphatic carbocycles. The Morgan fingerprint density at radius 1 is 1.44 bits per heavy atom. The molecule has 1 aliphatic rings. The van der Waals surface area contributed by atoms with Crippen molar-refractivity contribution in [3.63, 3.8) is 0 Å². The summed E-state index contributed by atoms with van der Waals surface area (Å²) in [6.07, 6.45) is 1.69. The van der Waals surface area contributed by atoms with E-state index < -0.39 is 0 Å². The van der Waals surface area contributed by atoms with Gasteiger partial charge in [-0.1, -0.05) is 24.8 Å². The summed E-state index contributed by atoms with van der Waals surface area (Å²) < 4.78 is 0. The number of hydrogen-bond donors (Lipinski definition) is 1. The van der Waals surface area contributed by atoms with Gasteiger partial charge in [0.25, 0.3) is 0 Å². The number of carbonyl (C=O) groups excluding carboxylic acids is 1. The molecule has 1 aromatic carbocycles. The highest BCUT2D eigenvalue weighted by Gasteiger charge is 2.32. The molecular formula is C14H16N2OS. The van der Waals surface area contributed by atoms with Gasteiger partial charge in [-0.25, -0.2) is 4.98 Å². The summed E-state index contributed by atoms with van der Waals surface area (Å²) in [4.78, 5) is 19.5. The third kappa shape index (κ3) is 2.05. The second-order valence-electron chi connectivity index (χ2n) is 5.01. The standard InChI is InChI=1S/C14H16N2OS/c1-8-3-4-10-11(7-8)16-14(15-10)18-13-6-5-12(17)9(13)2/h3-4,7,9,13H,5-6H2,1-2H3,(H,15,16). The lowest BCUT2D eigenvalue weighted by atomic mass is 10.1. The lowest BCUT2D eigenvalue weighted by molar-refractivity contribution is -0.120. The van der Waals surface area contributed by atoms with Crippen LogP contribution in [0, 0.1) is 12.8 Å². The highest BCUT2D eigenvalue weighted by Crippen LogP contribution is 2.36. The number of carbonyl (C=O) groups is 1. The fourth-order valence-corrected chi connectivity index (χ4v) is 3.63. The zero-order valence-corrected chi connectivity index (χ0v) is 11.4. The molecule has 2 unspecified atom stereocenters. The number of rotatable bonds is 2. The van der Waals surface area contributed by atoms with Gasteiger partial charge in [-0.3, -0.25) is 4.79 Å². The number of nitrogens with one attached hydrogen (secondary N) is 1. The van der Waals surface area contributed by atoms with E-state index in [0.717, 1.165) is 29.0 Å². The summed E-state index contributed by atoms with van der Waals surface area (Å²) in [6, 6.07) is 6.21. The molecule has 18 heavy (non-hydrogen) atoms. The molecule has 0 radical (unpaired) electrons. The van der Waals surface area contributed by atoms with Gasteiger partial charge in [-0.15, -0.1) is 0 Å². The molecule has 0 bridgehead atoms. The number of H-pyrrole nitrogens is 1. The summed E-state index contributed by atoms with van der Waals surface area (Å²) in [5, 5.41) is 1.31. The molecule has 4 heteroatoms. The molecular weight excluding hydrogens is 244 g/mol. The van der Waals surface area contributed by atoms with Crippen LogP contribution in [0.3, 0.4) is 0 Å². The molecule has 1 fully saturated rings. The number of Topliss-reactive ketones (excluding diaryl/α,β-unsaturated/α-hetero) is 1. The number of nitrogens with zero attached hydrogens (tertiary/aromatic N) is 1. The fourth-order valence-electron chi connectivity index (χ4n) is 2.43. The van der Waals surface area contributed by atoms with E-state index in [-0.39, 0.29) is 5.92 Å². The maximum Gasteiger partial charge on any atom is 0.166 e. The van der Waals surface area contributed by atoms with Gasteiger partial charge in [0.15, 0.2) is 5.16 Å². The topological polar surface area (TPSA) is 45.8 Å². The Bertz CT molecular complexity index is 605. The molecule has 0 amide bonds. The van der Waals surface area contributed by atoms with E-state index >= 15 is 0 Å². The van der Waals surface area contributed by atoms with E-state index in [1.54, 1.807) is 11.8 Å². The van der Waals surface area contributed by atoms with Crippen molar-refractivity contribution in [2.24, 2.45) is 5.92 Å². The van der Waals surface area contributed by atoms with Gasteiger partial charge < -0.3 is 4.98 Å². The summed E-state index contributed by atoms with van der Waals surface area (Å²) in [5.41, 5.74) is 3.31. The first-order valence-corrected chi connectivity index (χ1v) is 7.17. The number of imidazole rings is 1. The lowest BCUT2D eigenvalue weighted by Crippen LogP contribution is -2.12. The zero-order valence-electron chi connectivity index (χ0n) is 10.6. The quantitative estimate of drug-likeness (QED) is 0.900. The molecule has 2 aromatic rings. The molecule has 3 nitrogen and oxygen atoms in total. The molecule has 1 heterocycles. The van der Waals surface area contributed by atoms with Gasteiger partial charge in [-0.2, -0.15) is 0 Å². The number of benzene rings is 1. The van der Waals surface area contributed by atoms with Crippen LogP contribution < -0.4 is 0 Å². The minimum atomic E-state index is 0.157. The van der Waals surface area contributed by atoms with E-state index in [9.17, 15) is 4.79 Å². The van der Waals surface area contributed by atoms with Crippen LogP contribution in [-0.2, 0) is 4.79 Å². The summed E-state index contributed by atoms with van der Waals surface area (Å²) in [5.74, 6) is 0.546. The second-order valence-corrected chi connectivity index (χ2v) is 6.24. The van der Waals surface area contributed by atoms with Crippen LogP contribution in [0.5, 0.6) is 0 Å². The van der Waals surface area contributed by atoms with Gasteiger partial charge in [0, 0.05) is 17.6 Å². The molecule has 1 saturated carbocycles. The maximum atomic E-state index is 11.5. The Labute approximate surface area is 110 Å². The van der Waals surface area contributed by atoms with Crippen LogP contribution in [0.1, 0.15) is 25.3 Å². The first-order valence-electron chi connectivity index (χ1n) is 6.29. The van der Waals surface area contributed by atoms with Crippen LogP contribution in [0.4, 0.5) is 0 Å². The molecule has 0 aliphatic heterocycles. The Kier molecular flexibility index (Phi) is 2.90. The third-order valence-corrected chi connectivity index (χ3v) is 4.98. The smallest absolute Gasteiger partial charge is 0.166 e. The van der Waals surface area contributed by atoms with Crippen molar-refractivity contribution in [1.82, 2.24) is 9.97 Å². The molecule has 1 N–H and O–H groups in total. The van der Waals surface area contributed by atoms with Crippen molar-refractivity contribution >= 4 is 28.6 Å². The molecule has 2 atom stereocenters.